The van der Waals surface area contributed by atoms with Crippen molar-refractivity contribution in [1.82, 2.24) is 15.1 Å². The van der Waals surface area contributed by atoms with Gasteiger partial charge in [0.1, 0.15) is 0 Å². The van der Waals surface area contributed by atoms with Gasteiger partial charge in [-0.15, -0.1) is 10.2 Å². The summed E-state index contributed by atoms with van der Waals surface area (Å²) < 4.78 is 0.883. The molecule has 116 valence electrons. The average molecular weight is 326 g/mol. The second-order valence-corrected chi connectivity index (χ2v) is 8.36. The first-order valence-corrected chi connectivity index (χ1v) is 9.47. The molecule has 1 saturated heterocycles. The second kappa shape index (κ2) is 6.96. The van der Waals surface area contributed by atoms with Gasteiger partial charge in [0.15, 0.2) is 4.34 Å². The van der Waals surface area contributed by atoms with Crippen LogP contribution < -0.4 is 5.32 Å². The van der Waals surface area contributed by atoms with E-state index in [9.17, 15) is 4.79 Å². The highest BCUT2D eigenvalue weighted by molar-refractivity contribution is 8.02. The van der Waals surface area contributed by atoms with Crippen molar-refractivity contribution in [3.63, 3.8) is 0 Å². The Morgan fingerprint density at radius 3 is 2.67 bits per heavy atom. The summed E-state index contributed by atoms with van der Waals surface area (Å²) >= 11 is 3.09. The molecular weight excluding hydrogens is 304 g/mol. The van der Waals surface area contributed by atoms with Crippen LogP contribution in [0.1, 0.15) is 45.4 Å². The number of thioether (sulfide) groups is 1. The van der Waals surface area contributed by atoms with Crippen molar-refractivity contribution in [3.05, 3.63) is 0 Å². The fourth-order valence-corrected chi connectivity index (χ4v) is 4.52. The molecular formula is C14H22N4OS2. The first-order chi connectivity index (χ1) is 10.2. The van der Waals surface area contributed by atoms with Crippen LogP contribution in [0, 0.1) is 0 Å². The Morgan fingerprint density at radius 2 is 2.00 bits per heavy atom. The second-order valence-electron chi connectivity index (χ2n) is 5.79. The average Bonchev–Trinajstić information content (AvgIpc) is 3.23. The molecule has 21 heavy (non-hydrogen) atoms. The van der Waals surface area contributed by atoms with Crippen LogP contribution in [-0.2, 0) is 4.79 Å². The van der Waals surface area contributed by atoms with E-state index in [1.807, 2.05) is 11.8 Å². The Kier molecular flexibility index (Phi) is 5.00. The van der Waals surface area contributed by atoms with Gasteiger partial charge in [-0.2, -0.15) is 0 Å². The van der Waals surface area contributed by atoms with Gasteiger partial charge >= 0.3 is 0 Å². The van der Waals surface area contributed by atoms with Crippen molar-refractivity contribution in [2.45, 2.75) is 61.1 Å². The predicted molar refractivity (Wildman–Crippen MR) is 86.9 cm³/mol. The van der Waals surface area contributed by atoms with Crippen LogP contribution in [0.15, 0.2) is 4.34 Å². The van der Waals surface area contributed by atoms with E-state index in [0.717, 1.165) is 35.4 Å². The van der Waals surface area contributed by atoms with Crippen molar-refractivity contribution >= 4 is 34.1 Å². The first kappa shape index (κ1) is 15.1. The maximum Gasteiger partial charge on any atom is 0.235 e. The van der Waals surface area contributed by atoms with Gasteiger partial charge in [0.05, 0.1) is 5.25 Å². The molecule has 2 aliphatic rings. The Hall–Kier alpha value is -0.820. The fraction of sp³-hybridized carbons (Fsp3) is 0.786. The molecule has 2 fully saturated rings. The number of carbonyl (C=O) groups excluding carboxylic acids is 1. The van der Waals surface area contributed by atoms with Crippen LogP contribution in [0.25, 0.3) is 0 Å². The van der Waals surface area contributed by atoms with Crippen LogP contribution in [0.2, 0.25) is 0 Å². The van der Waals surface area contributed by atoms with E-state index in [-0.39, 0.29) is 11.2 Å². The number of rotatable bonds is 5. The minimum Gasteiger partial charge on any atom is -0.357 e. The summed E-state index contributed by atoms with van der Waals surface area (Å²) in [5.74, 6) is 0.244. The number of carbonyl (C=O) groups is 1. The molecule has 1 aromatic heterocycles. The molecule has 1 amide bonds. The largest absolute Gasteiger partial charge is 0.357 e. The lowest BCUT2D eigenvalue weighted by Crippen LogP contribution is -2.37. The van der Waals surface area contributed by atoms with Crippen LogP contribution >= 0.6 is 23.1 Å². The van der Waals surface area contributed by atoms with E-state index in [1.165, 1.54) is 37.4 Å². The molecule has 1 atom stereocenters. The number of hydrogen-bond donors (Lipinski definition) is 1. The number of amides is 1. The molecule has 2 heterocycles. The molecule has 7 heteroatoms. The zero-order valence-corrected chi connectivity index (χ0v) is 14.0. The summed E-state index contributed by atoms with van der Waals surface area (Å²) in [6, 6.07) is 0.590. The lowest BCUT2D eigenvalue weighted by atomic mass is 10.2. The third kappa shape index (κ3) is 4.32. The van der Waals surface area contributed by atoms with E-state index in [4.69, 9.17) is 0 Å². The van der Waals surface area contributed by atoms with Gasteiger partial charge in [-0.05, 0) is 32.6 Å². The lowest BCUT2D eigenvalue weighted by molar-refractivity contribution is -0.130. The number of hydrogen-bond acceptors (Lipinski definition) is 6. The monoisotopic (exact) mass is 326 g/mol. The van der Waals surface area contributed by atoms with Crippen LogP contribution in [-0.4, -0.2) is 45.4 Å². The van der Waals surface area contributed by atoms with Crippen molar-refractivity contribution < 1.29 is 4.79 Å². The van der Waals surface area contributed by atoms with Crippen molar-refractivity contribution in [2.24, 2.45) is 0 Å². The molecule has 0 unspecified atom stereocenters. The molecule has 5 nitrogen and oxygen atoms in total. The number of anilines is 1. The normalized spacial score (nSPS) is 20.9. The third-order valence-electron chi connectivity index (χ3n) is 3.85. The lowest BCUT2D eigenvalue weighted by Gasteiger charge is -2.23. The van der Waals surface area contributed by atoms with Gasteiger partial charge in [0.2, 0.25) is 11.0 Å². The molecule has 1 aliphatic heterocycles. The standard InChI is InChI=1S/C14H22N4OS2/c1-10(12(19)18-8-4-2-3-5-9-18)20-14-17-16-13(21-14)15-11-6-7-11/h10-11H,2-9H2,1H3,(H,15,16)/t10-/m1/s1. The maximum absolute atomic E-state index is 12.5. The number of aromatic nitrogens is 2. The van der Waals surface area contributed by atoms with Crippen molar-refractivity contribution in [2.75, 3.05) is 18.4 Å². The molecule has 0 bridgehead atoms. The third-order valence-corrected chi connectivity index (χ3v) is 5.88. The molecule has 1 saturated carbocycles. The Balaban J connectivity index is 1.52. The Bertz CT molecular complexity index is 481. The predicted octanol–water partition coefficient (Wildman–Crippen LogP) is 3.00. The molecule has 1 aromatic rings. The topological polar surface area (TPSA) is 58.1 Å². The van der Waals surface area contributed by atoms with Crippen LogP contribution in [0.3, 0.4) is 0 Å². The smallest absolute Gasteiger partial charge is 0.235 e. The minimum atomic E-state index is -0.0789. The van der Waals surface area contributed by atoms with Gasteiger partial charge in [-0.1, -0.05) is 35.9 Å². The van der Waals surface area contributed by atoms with E-state index in [0.29, 0.717) is 6.04 Å². The van der Waals surface area contributed by atoms with Gasteiger partial charge in [-0.3, -0.25) is 4.79 Å². The van der Waals surface area contributed by atoms with E-state index in [1.54, 1.807) is 11.3 Å². The number of likely N-dealkylation sites (tertiary alicyclic amines) is 1. The first-order valence-electron chi connectivity index (χ1n) is 7.78. The summed E-state index contributed by atoms with van der Waals surface area (Å²) in [7, 11) is 0. The SMILES string of the molecule is C[C@@H](Sc1nnc(NC2CC2)s1)C(=O)N1CCCCCC1. The summed E-state index contributed by atoms with van der Waals surface area (Å²) in [6.07, 6.45) is 7.22. The van der Waals surface area contributed by atoms with Gasteiger partial charge in [0, 0.05) is 19.1 Å². The van der Waals surface area contributed by atoms with Crippen LogP contribution in [0.4, 0.5) is 5.13 Å². The number of nitrogens with zero attached hydrogens (tertiary/aromatic N) is 3. The molecule has 0 spiro atoms. The summed E-state index contributed by atoms with van der Waals surface area (Å²) in [5.41, 5.74) is 0. The summed E-state index contributed by atoms with van der Waals surface area (Å²) in [6.45, 7) is 3.80. The number of nitrogens with one attached hydrogen (secondary N) is 1. The molecule has 3 rings (SSSR count). The highest BCUT2D eigenvalue weighted by Crippen LogP contribution is 2.32. The zero-order chi connectivity index (χ0) is 14.7. The highest BCUT2D eigenvalue weighted by Gasteiger charge is 2.25. The Morgan fingerprint density at radius 1 is 1.29 bits per heavy atom. The fourth-order valence-electron chi connectivity index (χ4n) is 2.47. The van der Waals surface area contributed by atoms with Crippen molar-refractivity contribution in [1.29, 1.82) is 0 Å². The van der Waals surface area contributed by atoms with Crippen molar-refractivity contribution in [3.8, 4) is 0 Å². The molecule has 0 aromatic carbocycles. The van der Waals surface area contributed by atoms with Gasteiger partial charge in [-0.25, -0.2) is 0 Å². The summed E-state index contributed by atoms with van der Waals surface area (Å²) in [4.78, 5) is 14.5. The van der Waals surface area contributed by atoms with Gasteiger partial charge < -0.3 is 10.2 Å². The van der Waals surface area contributed by atoms with Crippen LogP contribution in [0.5, 0.6) is 0 Å². The van der Waals surface area contributed by atoms with E-state index in [2.05, 4.69) is 15.5 Å². The molecule has 1 N–H and O–H groups in total. The van der Waals surface area contributed by atoms with E-state index < -0.39 is 0 Å². The molecule has 1 aliphatic carbocycles. The summed E-state index contributed by atoms with van der Waals surface area (Å²) in [5, 5.41) is 12.5. The highest BCUT2D eigenvalue weighted by atomic mass is 32.2. The zero-order valence-electron chi connectivity index (χ0n) is 12.4. The minimum absolute atomic E-state index is 0.0789. The quantitative estimate of drug-likeness (QED) is 0.843. The maximum atomic E-state index is 12.5. The van der Waals surface area contributed by atoms with Gasteiger partial charge in [0.25, 0.3) is 0 Å². The molecule has 0 radical (unpaired) electrons. The van der Waals surface area contributed by atoms with E-state index >= 15 is 0 Å². The Labute approximate surface area is 133 Å².